The maximum atomic E-state index is 9.72. The van der Waals surface area contributed by atoms with E-state index >= 15 is 0 Å². The van der Waals surface area contributed by atoms with Gasteiger partial charge in [-0.1, -0.05) is 18.2 Å². The molecule has 0 aliphatic carbocycles. The van der Waals surface area contributed by atoms with Crippen molar-refractivity contribution in [1.29, 1.82) is 0 Å². The van der Waals surface area contributed by atoms with Gasteiger partial charge in [-0.05, 0) is 44.2 Å². The van der Waals surface area contributed by atoms with E-state index in [0.29, 0.717) is 12.3 Å². The smallest absolute Gasteiger partial charge is 0.120 e. The molecule has 0 saturated carbocycles. The van der Waals surface area contributed by atoms with Gasteiger partial charge in [0, 0.05) is 36.6 Å². The second-order valence-corrected chi connectivity index (χ2v) is 4.70. The summed E-state index contributed by atoms with van der Waals surface area (Å²) in [5.41, 5.74) is 3.20. The SMILES string of the molecule is CCN(CC)c1ccc(NCc2ccccc2O)cc1. The fourth-order valence-electron chi connectivity index (χ4n) is 2.24. The molecule has 0 amide bonds. The monoisotopic (exact) mass is 270 g/mol. The summed E-state index contributed by atoms with van der Waals surface area (Å²) in [6, 6.07) is 15.8. The standard InChI is InChI=1S/C17H22N2O/c1-3-19(4-2)16-11-9-15(10-12-16)18-13-14-7-5-6-8-17(14)20/h5-12,18,20H,3-4,13H2,1-2H3. The third-order valence-corrected chi connectivity index (χ3v) is 3.47. The lowest BCUT2D eigenvalue weighted by Gasteiger charge is -2.21. The molecule has 20 heavy (non-hydrogen) atoms. The van der Waals surface area contributed by atoms with E-state index in [9.17, 15) is 5.11 Å². The van der Waals surface area contributed by atoms with E-state index < -0.39 is 0 Å². The molecule has 3 nitrogen and oxygen atoms in total. The summed E-state index contributed by atoms with van der Waals surface area (Å²) in [5, 5.41) is 13.0. The van der Waals surface area contributed by atoms with Crippen molar-refractivity contribution in [2.45, 2.75) is 20.4 Å². The van der Waals surface area contributed by atoms with Crippen LogP contribution in [0.25, 0.3) is 0 Å². The summed E-state index contributed by atoms with van der Waals surface area (Å²) < 4.78 is 0. The minimum atomic E-state index is 0.333. The van der Waals surface area contributed by atoms with Crippen LogP contribution in [-0.4, -0.2) is 18.2 Å². The number of benzene rings is 2. The third-order valence-electron chi connectivity index (χ3n) is 3.47. The van der Waals surface area contributed by atoms with E-state index in [4.69, 9.17) is 0 Å². The summed E-state index contributed by atoms with van der Waals surface area (Å²) in [5.74, 6) is 0.333. The van der Waals surface area contributed by atoms with Crippen molar-refractivity contribution in [3.05, 3.63) is 54.1 Å². The number of rotatable bonds is 6. The average Bonchev–Trinajstić information content (AvgIpc) is 2.49. The van der Waals surface area contributed by atoms with Crippen molar-refractivity contribution in [1.82, 2.24) is 0 Å². The van der Waals surface area contributed by atoms with Gasteiger partial charge < -0.3 is 15.3 Å². The summed E-state index contributed by atoms with van der Waals surface area (Å²) in [6.07, 6.45) is 0. The Balaban J connectivity index is 1.99. The van der Waals surface area contributed by atoms with E-state index in [2.05, 4.69) is 48.3 Å². The first-order valence-corrected chi connectivity index (χ1v) is 7.10. The number of aromatic hydroxyl groups is 1. The maximum Gasteiger partial charge on any atom is 0.120 e. The largest absolute Gasteiger partial charge is 0.508 e. The molecule has 106 valence electrons. The Bertz CT molecular complexity index is 533. The average molecular weight is 270 g/mol. The van der Waals surface area contributed by atoms with E-state index in [1.54, 1.807) is 6.07 Å². The molecule has 0 fully saturated rings. The summed E-state index contributed by atoms with van der Waals surface area (Å²) in [4.78, 5) is 2.31. The molecule has 2 rings (SSSR count). The zero-order chi connectivity index (χ0) is 14.4. The first-order chi connectivity index (χ1) is 9.74. The number of anilines is 2. The van der Waals surface area contributed by atoms with Crippen LogP contribution in [0.15, 0.2) is 48.5 Å². The topological polar surface area (TPSA) is 35.5 Å². The number of hydrogen-bond donors (Lipinski definition) is 2. The number of para-hydroxylation sites is 1. The van der Waals surface area contributed by atoms with Crippen LogP contribution >= 0.6 is 0 Å². The number of nitrogens with zero attached hydrogens (tertiary/aromatic N) is 1. The van der Waals surface area contributed by atoms with Gasteiger partial charge in [0.2, 0.25) is 0 Å². The van der Waals surface area contributed by atoms with Crippen LogP contribution in [0.4, 0.5) is 11.4 Å². The highest BCUT2D eigenvalue weighted by molar-refractivity contribution is 5.55. The van der Waals surface area contributed by atoms with Crippen LogP contribution in [0.5, 0.6) is 5.75 Å². The molecule has 0 atom stereocenters. The minimum Gasteiger partial charge on any atom is -0.508 e. The highest BCUT2D eigenvalue weighted by Crippen LogP contribution is 2.20. The Kier molecular flexibility index (Phi) is 4.88. The molecular formula is C17H22N2O. The number of phenolic OH excluding ortho intramolecular Hbond substituents is 1. The molecule has 0 unspecified atom stereocenters. The van der Waals surface area contributed by atoms with Crippen molar-refractivity contribution < 1.29 is 5.11 Å². The molecule has 0 aromatic heterocycles. The second kappa shape index (κ2) is 6.85. The van der Waals surface area contributed by atoms with Crippen molar-refractivity contribution in [3.63, 3.8) is 0 Å². The van der Waals surface area contributed by atoms with Crippen LogP contribution in [0.3, 0.4) is 0 Å². The summed E-state index contributed by atoms with van der Waals surface area (Å²) in [6.45, 7) is 6.97. The van der Waals surface area contributed by atoms with Crippen molar-refractivity contribution in [3.8, 4) is 5.75 Å². The van der Waals surface area contributed by atoms with Gasteiger partial charge >= 0.3 is 0 Å². The lowest BCUT2D eigenvalue weighted by atomic mass is 10.2. The first-order valence-electron chi connectivity index (χ1n) is 7.10. The number of hydrogen-bond acceptors (Lipinski definition) is 3. The second-order valence-electron chi connectivity index (χ2n) is 4.70. The summed E-state index contributed by atoms with van der Waals surface area (Å²) in [7, 11) is 0. The predicted molar refractivity (Wildman–Crippen MR) is 85.4 cm³/mol. The molecule has 2 N–H and O–H groups in total. The van der Waals surface area contributed by atoms with Gasteiger partial charge in [0.15, 0.2) is 0 Å². The lowest BCUT2D eigenvalue weighted by molar-refractivity contribution is 0.469. The van der Waals surface area contributed by atoms with Gasteiger partial charge in [0.25, 0.3) is 0 Å². The van der Waals surface area contributed by atoms with Gasteiger partial charge in [-0.25, -0.2) is 0 Å². The summed E-state index contributed by atoms with van der Waals surface area (Å²) >= 11 is 0. The number of phenols is 1. The molecule has 0 heterocycles. The zero-order valence-electron chi connectivity index (χ0n) is 12.1. The van der Waals surface area contributed by atoms with Crippen molar-refractivity contribution in [2.75, 3.05) is 23.3 Å². The molecule has 2 aromatic rings. The Hall–Kier alpha value is -2.16. The van der Waals surface area contributed by atoms with Crippen molar-refractivity contribution >= 4 is 11.4 Å². The predicted octanol–water partition coefficient (Wildman–Crippen LogP) is 3.85. The molecule has 0 bridgehead atoms. The molecule has 0 radical (unpaired) electrons. The Morgan fingerprint density at radius 3 is 2.20 bits per heavy atom. The van der Waals surface area contributed by atoms with Gasteiger partial charge in [-0.15, -0.1) is 0 Å². The van der Waals surface area contributed by atoms with Crippen LogP contribution in [-0.2, 0) is 6.54 Å². The third kappa shape index (κ3) is 3.44. The van der Waals surface area contributed by atoms with E-state index in [1.807, 2.05) is 18.2 Å². The van der Waals surface area contributed by atoms with Gasteiger partial charge in [0.1, 0.15) is 5.75 Å². The lowest BCUT2D eigenvalue weighted by Crippen LogP contribution is -2.21. The number of nitrogens with one attached hydrogen (secondary N) is 1. The molecule has 3 heteroatoms. The van der Waals surface area contributed by atoms with Gasteiger partial charge in [0.05, 0.1) is 0 Å². The highest BCUT2D eigenvalue weighted by Gasteiger charge is 2.02. The molecule has 2 aromatic carbocycles. The highest BCUT2D eigenvalue weighted by atomic mass is 16.3. The Morgan fingerprint density at radius 2 is 1.60 bits per heavy atom. The van der Waals surface area contributed by atoms with Crippen LogP contribution in [0.1, 0.15) is 19.4 Å². The van der Waals surface area contributed by atoms with E-state index in [0.717, 1.165) is 24.3 Å². The fraction of sp³-hybridized carbons (Fsp3) is 0.294. The van der Waals surface area contributed by atoms with Crippen LogP contribution in [0.2, 0.25) is 0 Å². The fourth-order valence-corrected chi connectivity index (χ4v) is 2.24. The molecular weight excluding hydrogens is 248 g/mol. The molecule has 0 aliphatic heterocycles. The zero-order valence-corrected chi connectivity index (χ0v) is 12.1. The molecule has 0 saturated heterocycles. The molecule has 0 aliphatic rings. The normalized spacial score (nSPS) is 10.3. The Labute approximate surface area is 120 Å². The first kappa shape index (κ1) is 14.3. The van der Waals surface area contributed by atoms with Gasteiger partial charge in [-0.3, -0.25) is 0 Å². The maximum absolute atomic E-state index is 9.72. The van der Waals surface area contributed by atoms with Crippen LogP contribution < -0.4 is 10.2 Å². The van der Waals surface area contributed by atoms with Gasteiger partial charge in [-0.2, -0.15) is 0 Å². The van der Waals surface area contributed by atoms with E-state index in [-0.39, 0.29) is 0 Å². The Morgan fingerprint density at radius 1 is 0.950 bits per heavy atom. The van der Waals surface area contributed by atoms with Crippen molar-refractivity contribution in [2.24, 2.45) is 0 Å². The molecule has 0 spiro atoms. The van der Waals surface area contributed by atoms with E-state index in [1.165, 1.54) is 5.69 Å². The quantitative estimate of drug-likeness (QED) is 0.837. The van der Waals surface area contributed by atoms with Crippen LogP contribution in [0, 0.1) is 0 Å². The minimum absolute atomic E-state index is 0.333.